The Bertz CT molecular complexity index is 1250. The van der Waals surface area contributed by atoms with Crippen molar-refractivity contribution in [2.24, 2.45) is 0 Å². The quantitative estimate of drug-likeness (QED) is 0.565. The number of rotatable bonds is 6. The van der Waals surface area contributed by atoms with Gasteiger partial charge in [0.25, 0.3) is 11.5 Å². The highest BCUT2D eigenvalue weighted by Crippen LogP contribution is 2.37. The van der Waals surface area contributed by atoms with Gasteiger partial charge in [-0.3, -0.25) is 14.5 Å². The van der Waals surface area contributed by atoms with Crippen molar-refractivity contribution < 1.29 is 13.6 Å². The van der Waals surface area contributed by atoms with E-state index in [-0.39, 0.29) is 35.0 Å². The van der Waals surface area contributed by atoms with Crippen molar-refractivity contribution in [2.75, 3.05) is 44.3 Å². The third kappa shape index (κ3) is 4.91. The van der Waals surface area contributed by atoms with Crippen molar-refractivity contribution in [3.8, 4) is 0 Å². The summed E-state index contributed by atoms with van der Waals surface area (Å²) in [4.78, 5) is 36.3. The van der Waals surface area contributed by atoms with Crippen molar-refractivity contribution in [2.45, 2.75) is 31.2 Å². The summed E-state index contributed by atoms with van der Waals surface area (Å²) < 4.78 is 26.3. The number of amides is 1. The number of anilines is 1. The van der Waals surface area contributed by atoms with Crippen molar-refractivity contribution >= 4 is 22.4 Å². The maximum atomic E-state index is 14.1. The molecule has 1 aliphatic carbocycles. The average molecular weight is 482 g/mol. The van der Waals surface area contributed by atoms with Crippen LogP contribution >= 0.6 is 0 Å². The summed E-state index contributed by atoms with van der Waals surface area (Å²) in [7, 11) is 0. The Morgan fingerprint density at radius 3 is 2.71 bits per heavy atom. The number of fused-ring (bicyclic) bond motifs is 1. The van der Waals surface area contributed by atoms with E-state index in [9.17, 15) is 18.4 Å². The van der Waals surface area contributed by atoms with Gasteiger partial charge in [-0.15, -0.1) is 0 Å². The summed E-state index contributed by atoms with van der Waals surface area (Å²) in [6.07, 6.45) is 4.74. The van der Waals surface area contributed by atoms with E-state index >= 15 is 0 Å². The molecule has 7 nitrogen and oxygen atoms in total. The van der Waals surface area contributed by atoms with E-state index in [2.05, 4.69) is 25.1 Å². The lowest BCUT2D eigenvalue weighted by atomic mass is 10.00. The van der Waals surface area contributed by atoms with Crippen LogP contribution in [0.15, 0.2) is 47.4 Å². The van der Waals surface area contributed by atoms with Gasteiger partial charge in [0.1, 0.15) is 18.2 Å². The summed E-state index contributed by atoms with van der Waals surface area (Å²) in [6, 6.07) is 10.7. The minimum Gasteiger partial charge on any atom is -0.368 e. The number of nitrogens with zero attached hydrogens (tertiary/aromatic N) is 3. The predicted molar refractivity (Wildman–Crippen MR) is 131 cm³/mol. The summed E-state index contributed by atoms with van der Waals surface area (Å²) in [5, 5.41) is 3.26. The Balaban J connectivity index is 1.18. The number of H-pyrrole nitrogens is 1. The fourth-order valence-corrected chi connectivity index (χ4v) is 5.39. The number of piperazine rings is 1. The zero-order valence-electron chi connectivity index (χ0n) is 19.5. The number of hydrogen-bond donors (Lipinski definition) is 2. The summed E-state index contributed by atoms with van der Waals surface area (Å²) in [5.74, 6) is -0.589. The number of alkyl halides is 1. The van der Waals surface area contributed by atoms with E-state index in [1.807, 2.05) is 12.1 Å². The molecule has 1 aliphatic heterocycles. The summed E-state index contributed by atoms with van der Waals surface area (Å²) in [5.41, 5.74) is 1.80. The van der Waals surface area contributed by atoms with Gasteiger partial charge in [0.2, 0.25) is 0 Å². The highest BCUT2D eigenvalue weighted by molar-refractivity contribution is 5.92. The van der Waals surface area contributed by atoms with Crippen LogP contribution in [0.2, 0.25) is 0 Å². The summed E-state index contributed by atoms with van der Waals surface area (Å²) >= 11 is 0. The third-order valence-corrected chi connectivity index (χ3v) is 7.24. The Morgan fingerprint density at radius 1 is 1.14 bits per heavy atom. The maximum Gasteiger partial charge on any atom is 0.269 e. The van der Waals surface area contributed by atoms with Crippen LogP contribution < -0.4 is 15.8 Å². The number of benzene rings is 1. The van der Waals surface area contributed by atoms with Gasteiger partial charge in [-0.05, 0) is 48.9 Å². The molecule has 35 heavy (non-hydrogen) atoms. The molecule has 1 amide bonds. The number of aromatic nitrogens is 2. The lowest BCUT2D eigenvalue weighted by molar-refractivity contribution is 0.0946. The van der Waals surface area contributed by atoms with Crippen molar-refractivity contribution in [1.29, 1.82) is 0 Å². The van der Waals surface area contributed by atoms with Gasteiger partial charge < -0.3 is 15.2 Å². The van der Waals surface area contributed by atoms with Crippen LogP contribution in [0.3, 0.4) is 0 Å². The molecule has 0 unspecified atom stereocenters. The lowest BCUT2D eigenvalue weighted by Gasteiger charge is -2.39. The first-order chi connectivity index (χ1) is 17.0. The van der Waals surface area contributed by atoms with E-state index < -0.39 is 12.5 Å². The molecule has 1 saturated carbocycles. The molecule has 5 rings (SSSR count). The standard InChI is InChI=1S/C26H29F2N5O2/c27-8-9-29-25(34)22-7-6-20(16-30-22)33-12-10-32(11-13-33)19-5-4-17(14-19)23-15-18-2-1-3-21(28)24(18)26(35)31-23/h1-3,6-7,15-17,19H,4-5,8-14H2,(H,29,34)(H,31,35)/t17-,19-/m1/s1. The second kappa shape index (κ2) is 10.1. The lowest BCUT2D eigenvalue weighted by Crippen LogP contribution is -2.49. The highest BCUT2D eigenvalue weighted by Gasteiger charge is 2.32. The highest BCUT2D eigenvalue weighted by atomic mass is 19.1. The van der Waals surface area contributed by atoms with Crippen molar-refractivity contribution in [3.05, 3.63) is 70.2 Å². The van der Waals surface area contributed by atoms with Crippen LogP contribution in [0.1, 0.15) is 41.4 Å². The fourth-order valence-electron chi connectivity index (χ4n) is 5.39. The summed E-state index contributed by atoms with van der Waals surface area (Å²) in [6.45, 7) is 2.97. The molecule has 0 radical (unpaired) electrons. The van der Waals surface area contributed by atoms with E-state index in [4.69, 9.17) is 0 Å². The van der Waals surface area contributed by atoms with Gasteiger partial charge in [0.15, 0.2) is 0 Å². The second-order valence-electron chi connectivity index (χ2n) is 9.29. The van der Waals surface area contributed by atoms with Crippen LogP contribution in [0.5, 0.6) is 0 Å². The van der Waals surface area contributed by atoms with Crippen LogP contribution in [0.25, 0.3) is 10.8 Å². The molecule has 2 aliphatic rings. The van der Waals surface area contributed by atoms with Gasteiger partial charge in [-0.1, -0.05) is 12.1 Å². The number of pyridine rings is 2. The molecule has 0 spiro atoms. The van der Waals surface area contributed by atoms with Crippen molar-refractivity contribution in [1.82, 2.24) is 20.2 Å². The van der Waals surface area contributed by atoms with Gasteiger partial charge >= 0.3 is 0 Å². The number of carbonyl (C=O) groups is 1. The normalized spacial score (nSPS) is 20.9. The van der Waals surface area contributed by atoms with E-state index in [1.165, 1.54) is 6.07 Å². The molecular formula is C26H29F2N5O2. The van der Waals surface area contributed by atoms with Gasteiger partial charge in [-0.25, -0.2) is 13.8 Å². The molecule has 3 aromatic rings. The Hall–Kier alpha value is -3.33. The first kappa shape index (κ1) is 23.4. The Kier molecular flexibility index (Phi) is 6.77. The zero-order valence-corrected chi connectivity index (χ0v) is 19.5. The topological polar surface area (TPSA) is 81.3 Å². The number of aromatic amines is 1. The predicted octanol–water partition coefficient (Wildman–Crippen LogP) is 3.22. The molecule has 0 bridgehead atoms. The van der Waals surface area contributed by atoms with Gasteiger partial charge in [0.05, 0.1) is 17.3 Å². The molecule has 2 aromatic heterocycles. The zero-order chi connectivity index (χ0) is 24.4. The van der Waals surface area contributed by atoms with Crippen LogP contribution in [-0.2, 0) is 0 Å². The molecule has 1 saturated heterocycles. The van der Waals surface area contributed by atoms with Crippen molar-refractivity contribution in [3.63, 3.8) is 0 Å². The fraction of sp³-hybridized carbons (Fsp3) is 0.423. The monoisotopic (exact) mass is 481 g/mol. The number of hydrogen-bond acceptors (Lipinski definition) is 5. The molecule has 184 valence electrons. The third-order valence-electron chi connectivity index (χ3n) is 7.24. The largest absolute Gasteiger partial charge is 0.368 e. The number of carbonyl (C=O) groups excluding carboxylic acids is 1. The van der Waals surface area contributed by atoms with Gasteiger partial charge in [0, 0.05) is 50.4 Å². The maximum absolute atomic E-state index is 14.1. The first-order valence-electron chi connectivity index (χ1n) is 12.1. The molecule has 3 heterocycles. The molecule has 2 atom stereocenters. The van der Waals surface area contributed by atoms with Crippen LogP contribution in [0.4, 0.5) is 14.5 Å². The van der Waals surface area contributed by atoms with Crippen LogP contribution in [-0.4, -0.2) is 66.2 Å². The van der Waals surface area contributed by atoms with E-state index in [1.54, 1.807) is 24.4 Å². The number of halogens is 2. The second-order valence-corrected chi connectivity index (χ2v) is 9.29. The minimum absolute atomic E-state index is 0.0122. The SMILES string of the molecule is O=C(NCCF)c1ccc(N2CCN([C@@H]3CC[C@@H](c4cc5cccc(F)c5c(=O)[nH]4)C3)CC2)cn1. The first-order valence-corrected chi connectivity index (χ1v) is 12.1. The molecule has 9 heteroatoms. The molecule has 1 aromatic carbocycles. The van der Waals surface area contributed by atoms with E-state index in [0.717, 1.165) is 56.8 Å². The molecular weight excluding hydrogens is 452 g/mol. The minimum atomic E-state index is -0.601. The Labute approximate surface area is 202 Å². The Morgan fingerprint density at radius 2 is 1.97 bits per heavy atom. The molecule has 2 fully saturated rings. The van der Waals surface area contributed by atoms with Gasteiger partial charge in [-0.2, -0.15) is 0 Å². The van der Waals surface area contributed by atoms with Crippen LogP contribution in [0, 0.1) is 5.82 Å². The smallest absolute Gasteiger partial charge is 0.269 e. The van der Waals surface area contributed by atoms with E-state index in [0.29, 0.717) is 11.4 Å². The number of nitrogens with one attached hydrogen (secondary N) is 2. The average Bonchev–Trinajstić information content (AvgIpc) is 3.38. The molecule has 2 N–H and O–H groups in total.